The van der Waals surface area contributed by atoms with Crippen LogP contribution in [0.2, 0.25) is 0 Å². The van der Waals surface area contributed by atoms with Crippen LogP contribution in [-0.4, -0.2) is 36.4 Å². The average molecular weight is 482 g/mol. The normalized spacial score (nSPS) is 17.4. The van der Waals surface area contributed by atoms with Gasteiger partial charge in [0, 0.05) is 30.0 Å². The third-order valence-corrected chi connectivity index (χ3v) is 7.51. The van der Waals surface area contributed by atoms with Crippen molar-refractivity contribution in [2.45, 2.75) is 37.8 Å². The molecule has 2 aromatic heterocycles. The van der Waals surface area contributed by atoms with Gasteiger partial charge in [-0.2, -0.15) is 13.4 Å². The van der Waals surface area contributed by atoms with Gasteiger partial charge in [0.25, 0.3) is 15.9 Å². The van der Waals surface area contributed by atoms with Crippen molar-refractivity contribution in [2.24, 2.45) is 5.92 Å². The Bertz CT molecular complexity index is 1310. The lowest BCUT2D eigenvalue weighted by atomic mass is 9.90. The molecular weight excluding hydrogens is 454 g/mol. The van der Waals surface area contributed by atoms with E-state index >= 15 is 0 Å². The third kappa shape index (κ3) is 4.67. The molecule has 3 heterocycles. The predicted octanol–water partition coefficient (Wildman–Crippen LogP) is 3.59. The van der Waals surface area contributed by atoms with E-state index in [2.05, 4.69) is 40.4 Å². The van der Waals surface area contributed by atoms with Gasteiger partial charge in [-0.15, -0.1) is 0 Å². The first-order chi connectivity index (χ1) is 16.1. The van der Waals surface area contributed by atoms with Crippen molar-refractivity contribution in [1.29, 1.82) is 0 Å². The second-order valence-electron chi connectivity index (χ2n) is 8.79. The number of amides is 1. The molecule has 0 spiro atoms. The van der Waals surface area contributed by atoms with Crippen LogP contribution in [0.15, 0.2) is 65.8 Å². The number of benzene rings is 1. The fourth-order valence-electron chi connectivity index (χ4n) is 3.89. The van der Waals surface area contributed by atoms with Gasteiger partial charge in [0.05, 0.1) is 5.56 Å². The van der Waals surface area contributed by atoms with Crippen LogP contribution in [0.4, 0.5) is 11.5 Å². The van der Waals surface area contributed by atoms with Crippen LogP contribution in [-0.2, 0) is 10.0 Å². The number of hydrogen-bond acceptors (Lipinski definition) is 8. The van der Waals surface area contributed by atoms with Crippen molar-refractivity contribution in [3.8, 4) is 11.6 Å². The van der Waals surface area contributed by atoms with Crippen LogP contribution in [0, 0.1) is 5.92 Å². The summed E-state index contributed by atoms with van der Waals surface area (Å²) < 4.78 is 33.7. The molecule has 0 saturated carbocycles. The van der Waals surface area contributed by atoms with Crippen molar-refractivity contribution in [2.75, 3.05) is 17.2 Å². The number of anilines is 2. The Hall–Kier alpha value is -3.66. The van der Waals surface area contributed by atoms with Gasteiger partial charge in [0.15, 0.2) is 5.03 Å². The number of nitrogens with two attached hydrogens (primary N) is 1. The number of aromatic nitrogens is 2. The molecule has 10 heteroatoms. The van der Waals surface area contributed by atoms with Gasteiger partial charge in [-0.05, 0) is 68.7 Å². The van der Waals surface area contributed by atoms with Crippen LogP contribution in [0.5, 0.6) is 11.6 Å². The molecule has 178 valence electrons. The number of ether oxygens (including phenoxy) is 1. The predicted molar refractivity (Wildman–Crippen MR) is 129 cm³/mol. The molecule has 4 rings (SSSR count). The Morgan fingerprint density at radius 2 is 1.88 bits per heavy atom. The SMILES string of the molecule is CC1CCN(c2ncccc2C(=O)NS(=O)(=O)c2cccc(Oc3ccc(N)cc3)n2)C1(C)C. The maximum atomic E-state index is 13.1. The lowest BCUT2D eigenvalue weighted by Crippen LogP contribution is -2.43. The Morgan fingerprint density at radius 1 is 1.15 bits per heavy atom. The third-order valence-electron chi connectivity index (χ3n) is 6.28. The number of pyridine rings is 2. The molecule has 1 fully saturated rings. The number of hydrogen-bond donors (Lipinski definition) is 2. The number of rotatable bonds is 6. The molecule has 1 unspecified atom stereocenters. The summed E-state index contributed by atoms with van der Waals surface area (Å²) in [4.78, 5) is 23.6. The molecule has 0 radical (unpaired) electrons. The molecule has 1 aliphatic heterocycles. The molecule has 1 aromatic carbocycles. The lowest BCUT2D eigenvalue weighted by molar-refractivity contribution is 0.0981. The number of nitrogen functional groups attached to an aromatic ring is 1. The standard InChI is InChI=1S/C24H27N5O4S/c1-16-13-15-29(24(16,2)3)22-19(6-5-14-26-22)23(30)28-34(31,32)21-8-4-7-20(27-21)33-18-11-9-17(25)10-12-18/h4-12,14,16H,13,15,25H2,1-3H3,(H,28,30). The molecular formula is C24H27N5O4S. The van der Waals surface area contributed by atoms with Crippen LogP contribution >= 0.6 is 0 Å². The highest BCUT2D eigenvalue weighted by Crippen LogP contribution is 2.38. The molecule has 0 aliphatic carbocycles. The highest BCUT2D eigenvalue weighted by Gasteiger charge is 2.40. The Balaban J connectivity index is 1.57. The van der Waals surface area contributed by atoms with E-state index in [1.165, 1.54) is 18.2 Å². The molecule has 1 saturated heterocycles. The first kappa shape index (κ1) is 23.5. The smallest absolute Gasteiger partial charge is 0.281 e. The van der Waals surface area contributed by atoms with Crippen LogP contribution in [0.3, 0.4) is 0 Å². The number of sulfonamides is 1. The molecule has 0 bridgehead atoms. The summed E-state index contributed by atoms with van der Waals surface area (Å²) >= 11 is 0. The number of carbonyl (C=O) groups is 1. The molecule has 9 nitrogen and oxygen atoms in total. The van der Waals surface area contributed by atoms with Crippen molar-refractivity contribution in [3.05, 3.63) is 66.4 Å². The van der Waals surface area contributed by atoms with Crippen molar-refractivity contribution in [1.82, 2.24) is 14.7 Å². The molecule has 1 atom stereocenters. The molecule has 3 aromatic rings. The number of nitrogens with zero attached hydrogens (tertiary/aromatic N) is 3. The maximum Gasteiger partial charge on any atom is 0.281 e. The van der Waals surface area contributed by atoms with Gasteiger partial charge in [-0.3, -0.25) is 4.79 Å². The lowest BCUT2D eigenvalue weighted by Gasteiger charge is -2.36. The highest BCUT2D eigenvalue weighted by molar-refractivity contribution is 7.90. The zero-order valence-corrected chi connectivity index (χ0v) is 20.0. The fraction of sp³-hybridized carbons (Fsp3) is 0.292. The minimum Gasteiger partial charge on any atom is -0.439 e. The Kier molecular flexibility index (Phi) is 6.18. The number of nitrogens with one attached hydrogen (secondary N) is 1. The highest BCUT2D eigenvalue weighted by atomic mass is 32.2. The zero-order valence-electron chi connectivity index (χ0n) is 19.2. The van der Waals surface area contributed by atoms with Crippen LogP contribution < -0.4 is 20.1 Å². The van der Waals surface area contributed by atoms with E-state index in [1.54, 1.807) is 42.6 Å². The Morgan fingerprint density at radius 3 is 2.56 bits per heavy atom. The van der Waals surface area contributed by atoms with E-state index in [0.717, 1.165) is 13.0 Å². The minimum absolute atomic E-state index is 0.0648. The molecule has 1 amide bonds. The zero-order chi connectivity index (χ0) is 24.5. The van der Waals surface area contributed by atoms with Crippen molar-refractivity contribution < 1.29 is 17.9 Å². The van der Waals surface area contributed by atoms with Gasteiger partial charge in [0.2, 0.25) is 5.88 Å². The summed E-state index contributed by atoms with van der Waals surface area (Å²) in [6.45, 7) is 7.06. The second kappa shape index (κ2) is 8.94. The first-order valence-electron chi connectivity index (χ1n) is 10.9. The fourth-order valence-corrected chi connectivity index (χ4v) is 4.81. The summed E-state index contributed by atoms with van der Waals surface area (Å²) in [5, 5.41) is -0.339. The van der Waals surface area contributed by atoms with Crippen LogP contribution in [0.1, 0.15) is 37.6 Å². The van der Waals surface area contributed by atoms with Gasteiger partial charge in [-0.25, -0.2) is 9.71 Å². The second-order valence-corrected chi connectivity index (χ2v) is 10.4. The van der Waals surface area contributed by atoms with Gasteiger partial charge >= 0.3 is 0 Å². The quantitative estimate of drug-likeness (QED) is 0.511. The van der Waals surface area contributed by atoms with E-state index in [0.29, 0.717) is 23.2 Å². The van der Waals surface area contributed by atoms with Crippen molar-refractivity contribution in [3.63, 3.8) is 0 Å². The summed E-state index contributed by atoms with van der Waals surface area (Å²) in [6.07, 6.45) is 2.55. The van der Waals surface area contributed by atoms with Gasteiger partial charge in [-0.1, -0.05) is 13.0 Å². The first-order valence-corrected chi connectivity index (χ1v) is 12.4. The molecule has 34 heavy (non-hydrogen) atoms. The van der Waals surface area contributed by atoms with E-state index in [1.807, 2.05) is 0 Å². The summed E-state index contributed by atoms with van der Waals surface area (Å²) in [6, 6.07) is 14.1. The average Bonchev–Trinajstić information content (AvgIpc) is 3.07. The largest absolute Gasteiger partial charge is 0.439 e. The Labute approximate surface area is 199 Å². The molecule has 1 aliphatic rings. The van der Waals surface area contributed by atoms with E-state index in [9.17, 15) is 13.2 Å². The summed E-state index contributed by atoms with van der Waals surface area (Å²) in [5.41, 5.74) is 6.20. The van der Waals surface area contributed by atoms with Crippen LogP contribution in [0.25, 0.3) is 0 Å². The van der Waals surface area contributed by atoms with E-state index in [4.69, 9.17) is 10.5 Å². The summed E-state index contributed by atoms with van der Waals surface area (Å²) in [5.74, 6) is 0.586. The van der Waals surface area contributed by atoms with Crippen molar-refractivity contribution >= 4 is 27.4 Å². The minimum atomic E-state index is -4.27. The number of carbonyl (C=O) groups excluding carboxylic acids is 1. The topological polar surface area (TPSA) is 128 Å². The van der Waals surface area contributed by atoms with E-state index < -0.39 is 15.9 Å². The van der Waals surface area contributed by atoms with Gasteiger partial charge < -0.3 is 15.4 Å². The van der Waals surface area contributed by atoms with Gasteiger partial charge in [0.1, 0.15) is 11.6 Å². The monoisotopic (exact) mass is 481 g/mol. The van der Waals surface area contributed by atoms with E-state index in [-0.39, 0.29) is 22.0 Å². The summed E-state index contributed by atoms with van der Waals surface area (Å²) in [7, 11) is -4.27. The maximum absolute atomic E-state index is 13.1. The molecule has 3 N–H and O–H groups in total.